The van der Waals surface area contributed by atoms with Crippen LogP contribution in [0.4, 0.5) is 26.0 Å². The molecule has 1 atom stereocenters. The van der Waals surface area contributed by atoms with Crippen LogP contribution >= 0.6 is 11.6 Å². The molecule has 8 nitrogen and oxygen atoms in total. The van der Waals surface area contributed by atoms with E-state index in [1.165, 1.54) is 24.5 Å². The molecule has 1 unspecified atom stereocenters. The third-order valence-electron chi connectivity index (χ3n) is 6.42. The van der Waals surface area contributed by atoms with Crippen molar-refractivity contribution in [1.29, 1.82) is 0 Å². The number of hydrogen-bond acceptors (Lipinski definition) is 7. The Balaban J connectivity index is 1.43. The quantitative estimate of drug-likeness (QED) is 0.251. The second kappa shape index (κ2) is 12.4. The highest BCUT2D eigenvalue weighted by Gasteiger charge is 2.23. The number of benzene rings is 3. The molecule has 210 valence electrons. The Morgan fingerprint density at radius 3 is 2.76 bits per heavy atom. The molecule has 1 saturated heterocycles. The number of carbonyl (C=O) groups excluding carboxylic acids is 1. The maximum absolute atomic E-state index is 15.2. The van der Waals surface area contributed by atoms with Crippen LogP contribution in [-0.2, 0) is 11.4 Å². The van der Waals surface area contributed by atoms with Crippen LogP contribution in [-0.4, -0.2) is 47.0 Å². The molecule has 0 bridgehead atoms. The second-order valence-corrected chi connectivity index (χ2v) is 9.92. The first kappa shape index (κ1) is 28.1. The number of nitrogens with one attached hydrogen (secondary N) is 2. The van der Waals surface area contributed by atoms with Gasteiger partial charge >= 0.3 is 0 Å². The molecule has 1 aliphatic rings. The Morgan fingerprint density at radius 1 is 1.15 bits per heavy atom. The lowest BCUT2D eigenvalue weighted by molar-refractivity contribution is -0.111. The summed E-state index contributed by atoms with van der Waals surface area (Å²) in [6.07, 6.45) is 2.13. The van der Waals surface area contributed by atoms with E-state index in [9.17, 15) is 9.18 Å². The molecule has 1 aliphatic heterocycles. The lowest BCUT2D eigenvalue weighted by Gasteiger charge is -2.18. The van der Waals surface area contributed by atoms with Gasteiger partial charge in [0.15, 0.2) is 0 Å². The van der Waals surface area contributed by atoms with Crippen molar-refractivity contribution in [2.24, 2.45) is 0 Å². The van der Waals surface area contributed by atoms with E-state index in [0.29, 0.717) is 27.9 Å². The molecule has 2 heterocycles. The second-order valence-electron chi connectivity index (χ2n) is 9.51. The predicted molar refractivity (Wildman–Crippen MR) is 154 cm³/mol. The maximum Gasteiger partial charge on any atom is 0.300 e. The summed E-state index contributed by atoms with van der Waals surface area (Å²) >= 11 is 6.39. The molecular weight excluding hydrogens is 552 g/mol. The van der Waals surface area contributed by atoms with Gasteiger partial charge in [-0.25, -0.2) is 18.7 Å². The Labute approximate surface area is 240 Å². The van der Waals surface area contributed by atoms with Gasteiger partial charge in [0.1, 0.15) is 48.0 Å². The van der Waals surface area contributed by atoms with Gasteiger partial charge < -0.3 is 25.0 Å². The van der Waals surface area contributed by atoms with E-state index < -0.39 is 17.5 Å². The number of likely N-dealkylation sites (tertiary alicyclic amines) is 1. The van der Waals surface area contributed by atoms with Crippen molar-refractivity contribution < 1.29 is 23.0 Å². The minimum absolute atomic E-state index is 0.0126. The fraction of sp³-hybridized carbons (Fsp3) is 0.233. The summed E-state index contributed by atoms with van der Waals surface area (Å²) in [5.41, 5.74) is 1.53. The fourth-order valence-corrected chi connectivity index (χ4v) is 4.68. The molecule has 1 amide bonds. The van der Waals surface area contributed by atoms with Gasteiger partial charge in [-0.2, -0.15) is 0 Å². The molecule has 0 saturated carbocycles. The van der Waals surface area contributed by atoms with Gasteiger partial charge in [0, 0.05) is 30.6 Å². The summed E-state index contributed by atoms with van der Waals surface area (Å²) in [4.78, 5) is 23.2. The molecule has 41 heavy (non-hydrogen) atoms. The van der Waals surface area contributed by atoms with E-state index >= 15 is 4.39 Å². The van der Waals surface area contributed by atoms with Crippen molar-refractivity contribution in [2.75, 3.05) is 30.8 Å². The standard InChI is InChI=1S/C30H26ClF2N5O3/c1-3-5-29(39)36-26-11-21-24(14-28(26)41-20-8-9-38(2)15-20)34-17-35-30(21)37-25-12-22(31)27(13-23(25)33)40-16-18-6-4-7-19(32)10-18/h4,6-7,10-14,17,20H,8-9,15-16H2,1-2H3,(H,36,39)(H,34,35,37). The molecule has 1 fully saturated rings. The summed E-state index contributed by atoms with van der Waals surface area (Å²) < 4.78 is 40.5. The number of amides is 1. The zero-order valence-electron chi connectivity index (χ0n) is 22.3. The molecule has 5 rings (SSSR count). The number of nitrogens with zero attached hydrogens (tertiary/aromatic N) is 3. The Kier molecular flexibility index (Phi) is 8.47. The monoisotopic (exact) mass is 577 g/mol. The SMILES string of the molecule is CC#CC(=O)Nc1cc2c(Nc3cc(Cl)c(OCc4cccc(F)c4)cc3F)ncnc2cc1OC1CCN(C)C1. The highest BCUT2D eigenvalue weighted by atomic mass is 35.5. The minimum Gasteiger partial charge on any atom is -0.487 e. The highest BCUT2D eigenvalue weighted by Crippen LogP contribution is 2.37. The van der Waals surface area contributed by atoms with E-state index in [2.05, 4.69) is 37.3 Å². The number of aromatic nitrogens is 2. The number of rotatable bonds is 8. The van der Waals surface area contributed by atoms with Gasteiger partial charge in [0.05, 0.1) is 21.9 Å². The third kappa shape index (κ3) is 6.82. The first-order chi connectivity index (χ1) is 19.8. The average molecular weight is 578 g/mol. The Morgan fingerprint density at radius 2 is 2.00 bits per heavy atom. The highest BCUT2D eigenvalue weighted by molar-refractivity contribution is 6.32. The molecule has 1 aromatic heterocycles. The average Bonchev–Trinajstić information content (AvgIpc) is 3.35. The van der Waals surface area contributed by atoms with Crippen molar-refractivity contribution >= 4 is 45.6 Å². The number of likely N-dealkylation sites (N-methyl/N-ethyl adjacent to an activating group) is 1. The van der Waals surface area contributed by atoms with Gasteiger partial charge in [0.25, 0.3) is 5.91 Å². The Hall–Kier alpha value is -4.46. The van der Waals surface area contributed by atoms with Crippen LogP contribution in [0, 0.1) is 23.5 Å². The van der Waals surface area contributed by atoms with Crippen LogP contribution in [0.2, 0.25) is 5.02 Å². The molecule has 4 aromatic rings. The number of carbonyl (C=O) groups is 1. The number of anilines is 3. The van der Waals surface area contributed by atoms with Crippen LogP contribution < -0.4 is 20.1 Å². The van der Waals surface area contributed by atoms with Crippen LogP contribution in [0.25, 0.3) is 10.9 Å². The molecule has 0 spiro atoms. The van der Waals surface area contributed by atoms with Crippen molar-refractivity contribution in [2.45, 2.75) is 26.1 Å². The van der Waals surface area contributed by atoms with Gasteiger partial charge in [-0.05, 0) is 56.1 Å². The van der Waals surface area contributed by atoms with Crippen LogP contribution in [0.3, 0.4) is 0 Å². The molecule has 0 radical (unpaired) electrons. The number of halogens is 3. The third-order valence-corrected chi connectivity index (χ3v) is 6.72. The normalized spacial score (nSPS) is 14.8. The predicted octanol–water partition coefficient (Wildman–Crippen LogP) is 5.93. The molecular formula is C30H26ClF2N5O3. The first-order valence-electron chi connectivity index (χ1n) is 12.8. The molecule has 11 heteroatoms. The largest absolute Gasteiger partial charge is 0.487 e. The zero-order chi connectivity index (χ0) is 28.9. The fourth-order valence-electron chi connectivity index (χ4n) is 4.47. The summed E-state index contributed by atoms with van der Waals surface area (Å²) in [5.74, 6) is 4.32. The number of ether oxygens (including phenoxy) is 2. The van der Waals surface area contributed by atoms with Gasteiger partial charge in [-0.15, -0.1) is 0 Å². The molecule has 0 aliphatic carbocycles. The summed E-state index contributed by atoms with van der Waals surface area (Å²) in [6.45, 7) is 3.23. The lowest BCUT2D eigenvalue weighted by Crippen LogP contribution is -2.22. The Bertz CT molecular complexity index is 1670. The van der Waals surface area contributed by atoms with Gasteiger partial charge in [0.2, 0.25) is 0 Å². The van der Waals surface area contributed by atoms with Crippen LogP contribution in [0.1, 0.15) is 18.9 Å². The smallest absolute Gasteiger partial charge is 0.300 e. The first-order valence-corrected chi connectivity index (χ1v) is 13.2. The lowest BCUT2D eigenvalue weighted by atomic mass is 10.1. The summed E-state index contributed by atoms with van der Waals surface area (Å²) in [7, 11) is 2.02. The van der Waals surface area contributed by atoms with E-state index in [0.717, 1.165) is 25.6 Å². The van der Waals surface area contributed by atoms with E-state index in [4.69, 9.17) is 21.1 Å². The van der Waals surface area contributed by atoms with Crippen LogP contribution in [0.5, 0.6) is 11.5 Å². The molecule has 3 aromatic carbocycles. The van der Waals surface area contributed by atoms with E-state index in [1.54, 1.807) is 31.2 Å². The molecule has 2 N–H and O–H groups in total. The van der Waals surface area contributed by atoms with Crippen molar-refractivity contribution in [3.63, 3.8) is 0 Å². The van der Waals surface area contributed by atoms with Crippen molar-refractivity contribution in [3.8, 4) is 23.3 Å². The summed E-state index contributed by atoms with van der Waals surface area (Å²) in [6, 6.07) is 11.8. The topological polar surface area (TPSA) is 88.6 Å². The van der Waals surface area contributed by atoms with Gasteiger partial charge in [-0.3, -0.25) is 4.79 Å². The van der Waals surface area contributed by atoms with E-state index in [1.807, 2.05) is 7.05 Å². The number of hydrogen-bond donors (Lipinski definition) is 2. The minimum atomic E-state index is -0.646. The van der Waals surface area contributed by atoms with Crippen molar-refractivity contribution in [1.82, 2.24) is 14.9 Å². The summed E-state index contributed by atoms with van der Waals surface area (Å²) in [5, 5.41) is 6.38. The van der Waals surface area contributed by atoms with Crippen molar-refractivity contribution in [3.05, 3.63) is 77.1 Å². The van der Waals surface area contributed by atoms with Gasteiger partial charge in [-0.1, -0.05) is 29.7 Å². The maximum atomic E-state index is 15.2. The van der Waals surface area contributed by atoms with E-state index in [-0.39, 0.29) is 35.0 Å². The number of fused-ring (bicyclic) bond motifs is 1. The van der Waals surface area contributed by atoms with Crippen LogP contribution in [0.15, 0.2) is 54.9 Å². The zero-order valence-corrected chi connectivity index (χ0v) is 23.1.